The third-order valence-electron chi connectivity index (χ3n) is 3.94. The van der Waals surface area contributed by atoms with Crippen LogP contribution in [0.15, 0.2) is 0 Å². The molecule has 2 saturated heterocycles. The summed E-state index contributed by atoms with van der Waals surface area (Å²) in [6.07, 6.45) is 4.21. The second-order valence-electron chi connectivity index (χ2n) is 5.70. The number of ether oxygens (including phenoxy) is 1. The summed E-state index contributed by atoms with van der Waals surface area (Å²) in [7, 11) is 0. The van der Waals surface area contributed by atoms with E-state index in [0.717, 1.165) is 12.5 Å². The van der Waals surface area contributed by atoms with E-state index in [2.05, 4.69) is 31.0 Å². The van der Waals surface area contributed by atoms with Gasteiger partial charge in [-0.3, -0.25) is 5.32 Å². The van der Waals surface area contributed by atoms with Crippen molar-refractivity contribution in [2.45, 2.75) is 58.3 Å². The Morgan fingerprint density at radius 3 is 2.41 bits per heavy atom. The third kappa shape index (κ3) is 4.40. The molecule has 3 nitrogen and oxygen atoms in total. The Balaban J connectivity index is 0.00000144. The number of piperidine rings is 1. The van der Waals surface area contributed by atoms with Gasteiger partial charge in [0.05, 0.1) is 6.61 Å². The zero-order chi connectivity index (χ0) is 11.5. The van der Waals surface area contributed by atoms with Crippen LogP contribution < -0.4 is 5.32 Å². The molecule has 0 aromatic rings. The summed E-state index contributed by atoms with van der Waals surface area (Å²) in [4.78, 5) is 2.59. The first-order valence-electron chi connectivity index (χ1n) is 6.77. The molecule has 2 fully saturated rings. The van der Waals surface area contributed by atoms with E-state index in [1.54, 1.807) is 0 Å². The highest BCUT2D eigenvalue weighted by Crippen LogP contribution is 2.24. The van der Waals surface area contributed by atoms with Crippen molar-refractivity contribution in [3.8, 4) is 0 Å². The van der Waals surface area contributed by atoms with Crippen LogP contribution in [-0.2, 0) is 4.74 Å². The van der Waals surface area contributed by atoms with Crippen LogP contribution in [0.4, 0.5) is 0 Å². The Kier molecular flexibility index (Phi) is 6.21. The largest absolute Gasteiger partial charge is 0.362 e. The van der Waals surface area contributed by atoms with Crippen LogP contribution in [0.1, 0.15) is 40.0 Å². The van der Waals surface area contributed by atoms with Crippen molar-refractivity contribution in [1.29, 1.82) is 0 Å². The number of nitrogens with zero attached hydrogens (tertiary/aromatic N) is 1. The maximum Gasteiger partial charge on any atom is 0.108 e. The predicted molar refractivity (Wildman–Crippen MR) is 73.6 cm³/mol. The molecule has 4 heteroatoms. The summed E-state index contributed by atoms with van der Waals surface area (Å²) in [6, 6.07) is 1.25. The topological polar surface area (TPSA) is 24.5 Å². The molecule has 17 heavy (non-hydrogen) atoms. The van der Waals surface area contributed by atoms with Crippen LogP contribution in [0.25, 0.3) is 0 Å². The number of halogens is 1. The SMILES string of the molecule is CC1COC(CC2CCN(C(C)C)CC2)N1.Cl. The molecule has 2 rings (SSSR count). The minimum atomic E-state index is 0. The lowest BCUT2D eigenvalue weighted by atomic mass is 9.92. The molecule has 0 aliphatic carbocycles. The third-order valence-corrected chi connectivity index (χ3v) is 3.94. The Morgan fingerprint density at radius 2 is 1.94 bits per heavy atom. The fraction of sp³-hybridized carbons (Fsp3) is 1.00. The Labute approximate surface area is 112 Å². The van der Waals surface area contributed by atoms with E-state index >= 15 is 0 Å². The minimum Gasteiger partial charge on any atom is -0.362 e. The van der Waals surface area contributed by atoms with Crippen molar-refractivity contribution < 1.29 is 4.74 Å². The van der Waals surface area contributed by atoms with Crippen molar-refractivity contribution in [2.24, 2.45) is 5.92 Å². The first kappa shape index (κ1) is 15.2. The number of likely N-dealkylation sites (tertiary alicyclic amines) is 1. The van der Waals surface area contributed by atoms with Crippen LogP contribution in [-0.4, -0.2) is 42.9 Å². The monoisotopic (exact) mass is 262 g/mol. The van der Waals surface area contributed by atoms with Gasteiger partial charge in [-0.05, 0) is 59.0 Å². The summed E-state index contributed by atoms with van der Waals surface area (Å²) in [5.41, 5.74) is 0. The van der Waals surface area contributed by atoms with E-state index in [1.807, 2.05) is 0 Å². The fourth-order valence-corrected chi connectivity index (χ4v) is 2.82. The highest BCUT2D eigenvalue weighted by Gasteiger charge is 2.27. The average molecular weight is 263 g/mol. The zero-order valence-electron chi connectivity index (χ0n) is 11.3. The summed E-state index contributed by atoms with van der Waals surface area (Å²) < 4.78 is 5.72. The van der Waals surface area contributed by atoms with Crippen molar-refractivity contribution in [2.75, 3.05) is 19.7 Å². The first-order valence-corrected chi connectivity index (χ1v) is 6.77. The Hall–Kier alpha value is 0.170. The van der Waals surface area contributed by atoms with Crippen molar-refractivity contribution >= 4 is 12.4 Å². The quantitative estimate of drug-likeness (QED) is 0.844. The van der Waals surface area contributed by atoms with Gasteiger partial charge in [-0.25, -0.2) is 0 Å². The van der Waals surface area contributed by atoms with E-state index in [1.165, 1.54) is 32.4 Å². The summed E-state index contributed by atoms with van der Waals surface area (Å²) in [5, 5.41) is 3.50. The molecule has 0 amide bonds. The predicted octanol–water partition coefficient (Wildman–Crippen LogP) is 2.25. The maximum atomic E-state index is 5.72. The Morgan fingerprint density at radius 1 is 1.29 bits per heavy atom. The van der Waals surface area contributed by atoms with E-state index in [-0.39, 0.29) is 12.4 Å². The molecule has 102 valence electrons. The molecule has 0 aromatic heterocycles. The van der Waals surface area contributed by atoms with Gasteiger partial charge in [0, 0.05) is 12.1 Å². The Bertz CT molecular complexity index is 217. The van der Waals surface area contributed by atoms with E-state index in [9.17, 15) is 0 Å². The molecule has 2 heterocycles. The fourth-order valence-electron chi connectivity index (χ4n) is 2.82. The molecular formula is C13H27ClN2O. The van der Waals surface area contributed by atoms with Crippen molar-refractivity contribution in [1.82, 2.24) is 10.2 Å². The second kappa shape index (κ2) is 6.93. The highest BCUT2D eigenvalue weighted by atomic mass is 35.5. The minimum absolute atomic E-state index is 0. The normalized spacial score (nSPS) is 31.8. The van der Waals surface area contributed by atoms with Crippen LogP contribution in [0.5, 0.6) is 0 Å². The first-order chi connectivity index (χ1) is 7.65. The van der Waals surface area contributed by atoms with Gasteiger partial charge in [0.1, 0.15) is 6.23 Å². The molecule has 0 bridgehead atoms. The molecule has 2 aliphatic rings. The summed E-state index contributed by atoms with van der Waals surface area (Å²) >= 11 is 0. The van der Waals surface area contributed by atoms with Gasteiger partial charge in [0.15, 0.2) is 0 Å². The number of rotatable bonds is 3. The van der Waals surface area contributed by atoms with Crippen molar-refractivity contribution in [3.05, 3.63) is 0 Å². The standard InChI is InChI=1S/C13H26N2O.ClH/c1-10(2)15-6-4-12(5-7-15)8-13-14-11(3)9-16-13;/h10-14H,4-9H2,1-3H3;1H. The zero-order valence-corrected chi connectivity index (χ0v) is 12.1. The van der Waals surface area contributed by atoms with E-state index in [0.29, 0.717) is 18.3 Å². The lowest BCUT2D eigenvalue weighted by Gasteiger charge is -2.35. The van der Waals surface area contributed by atoms with E-state index < -0.39 is 0 Å². The van der Waals surface area contributed by atoms with Gasteiger partial charge in [0.25, 0.3) is 0 Å². The molecule has 2 aliphatic heterocycles. The number of hydrogen-bond donors (Lipinski definition) is 1. The molecule has 0 spiro atoms. The van der Waals surface area contributed by atoms with Crippen LogP contribution in [0.3, 0.4) is 0 Å². The second-order valence-corrected chi connectivity index (χ2v) is 5.70. The number of nitrogens with one attached hydrogen (secondary N) is 1. The molecular weight excluding hydrogens is 236 g/mol. The van der Waals surface area contributed by atoms with Crippen LogP contribution in [0, 0.1) is 5.92 Å². The van der Waals surface area contributed by atoms with Gasteiger partial charge in [-0.15, -0.1) is 12.4 Å². The lowest BCUT2D eigenvalue weighted by Crippen LogP contribution is -2.40. The van der Waals surface area contributed by atoms with Crippen LogP contribution in [0.2, 0.25) is 0 Å². The van der Waals surface area contributed by atoms with Gasteiger partial charge in [0.2, 0.25) is 0 Å². The molecule has 0 saturated carbocycles. The average Bonchev–Trinajstić information content (AvgIpc) is 2.65. The maximum absolute atomic E-state index is 5.72. The molecule has 0 aromatic carbocycles. The van der Waals surface area contributed by atoms with Gasteiger partial charge >= 0.3 is 0 Å². The summed E-state index contributed by atoms with van der Waals surface area (Å²) in [5.74, 6) is 0.859. The number of hydrogen-bond acceptors (Lipinski definition) is 3. The lowest BCUT2D eigenvalue weighted by molar-refractivity contribution is 0.0596. The molecule has 1 N–H and O–H groups in total. The smallest absolute Gasteiger partial charge is 0.108 e. The molecule has 2 atom stereocenters. The molecule has 2 unspecified atom stereocenters. The van der Waals surface area contributed by atoms with Gasteiger partial charge in [-0.1, -0.05) is 0 Å². The van der Waals surface area contributed by atoms with Gasteiger partial charge in [-0.2, -0.15) is 0 Å². The molecule has 0 radical (unpaired) electrons. The highest BCUT2D eigenvalue weighted by molar-refractivity contribution is 5.85. The van der Waals surface area contributed by atoms with Crippen molar-refractivity contribution in [3.63, 3.8) is 0 Å². The summed E-state index contributed by atoms with van der Waals surface area (Å²) in [6.45, 7) is 10.2. The van der Waals surface area contributed by atoms with E-state index in [4.69, 9.17) is 4.74 Å². The van der Waals surface area contributed by atoms with Crippen LogP contribution >= 0.6 is 12.4 Å². The van der Waals surface area contributed by atoms with Gasteiger partial charge < -0.3 is 9.64 Å².